The van der Waals surface area contributed by atoms with E-state index in [1.807, 2.05) is 25.1 Å². The number of rotatable bonds is 5. The third kappa shape index (κ3) is 2.53. The Hall–Kier alpha value is -1.89. The van der Waals surface area contributed by atoms with Gasteiger partial charge in [-0.2, -0.15) is 9.78 Å². The summed E-state index contributed by atoms with van der Waals surface area (Å²) in [5.41, 5.74) is 0. The number of alkyl halides is 2. The number of hydrogen-bond acceptors (Lipinski definition) is 4. The summed E-state index contributed by atoms with van der Waals surface area (Å²) in [6, 6.07) is 5.32. The molecule has 2 atom stereocenters. The molecule has 2 aromatic heterocycles. The van der Waals surface area contributed by atoms with Crippen LogP contribution in [0.2, 0.25) is 0 Å². The van der Waals surface area contributed by atoms with Crippen LogP contribution in [0.15, 0.2) is 30.7 Å². The van der Waals surface area contributed by atoms with Crippen LogP contribution in [0.25, 0.3) is 5.82 Å². The minimum atomic E-state index is -2.50. The van der Waals surface area contributed by atoms with E-state index in [1.165, 1.54) is 6.33 Å². The Morgan fingerprint density at radius 1 is 1.45 bits per heavy atom. The zero-order chi connectivity index (χ0) is 14.2. The van der Waals surface area contributed by atoms with E-state index in [2.05, 4.69) is 20.4 Å². The predicted molar refractivity (Wildman–Crippen MR) is 68.6 cm³/mol. The third-order valence-corrected chi connectivity index (χ3v) is 3.45. The van der Waals surface area contributed by atoms with Crippen LogP contribution in [0.1, 0.15) is 25.2 Å². The summed E-state index contributed by atoms with van der Waals surface area (Å²) in [5, 5.41) is 7.22. The van der Waals surface area contributed by atoms with E-state index in [-0.39, 0.29) is 19.0 Å². The second kappa shape index (κ2) is 4.90. The predicted octanol–water partition coefficient (Wildman–Crippen LogP) is 1.97. The molecule has 1 fully saturated rings. The van der Waals surface area contributed by atoms with Crippen molar-refractivity contribution < 1.29 is 8.78 Å². The zero-order valence-electron chi connectivity index (χ0n) is 11.0. The Morgan fingerprint density at radius 2 is 2.25 bits per heavy atom. The first-order valence-electron chi connectivity index (χ1n) is 6.50. The number of halogens is 2. The average Bonchev–Trinajstić information content (AvgIpc) is 2.88. The van der Waals surface area contributed by atoms with Crippen molar-refractivity contribution in [3.8, 4) is 5.82 Å². The minimum Gasteiger partial charge on any atom is -0.307 e. The summed E-state index contributed by atoms with van der Waals surface area (Å²) in [6.45, 7) is 2.16. The zero-order valence-corrected chi connectivity index (χ0v) is 11.0. The lowest BCUT2D eigenvalue weighted by Crippen LogP contribution is -2.25. The number of aromatic nitrogens is 4. The van der Waals surface area contributed by atoms with Crippen LogP contribution in [0.3, 0.4) is 0 Å². The Kier molecular flexibility index (Phi) is 3.21. The van der Waals surface area contributed by atoms with Gasteiger partial charge in [0.25, 0.3) is 5.92 Å². The van der Waals surface area contributed by atoms with E-state index in [1.54, 1.807) is 10.9 Å². The molecule has 1 aliphatic carbocycles. The maximum Gasteiger partial charge on any atom is 0.252 e. The van der Waals surface area contributed by atoms with E-state index in [0.717, 1.165) is 0 Å². The molecule has 0 bridgehead atoms. The number of nitrogens with zero attached hydrogens (tertiary/aromatic N) is 4. The van der Waals surface area contributed by atoms with Gasteiger partial charge in [0.15, 0.2) is 11.6 Å². The van der Waals surface area contributed by atoms with Gasteiger partial charge in [0.1, 0.15) is 6.33 Å². The van der Waals surface area contributed by atoms with Crippen LogP contribution in [0, 0.1) is 5.92 Å². The molecule has 0 radical (unpaired) electrons. The summed E-state index contributed by atoms with van der Waals surface area (Å²) in [6.07, 6.45) is 3.08. The molecule has 2 unspecified atom stereocenters. The summed E-state index contributed by atoms with van der Waals surface area (Å²) >= 11 is 0. The molecule has 1 saturated carbocycles. The molecule has 0 aromatic carbocycles. The first-order valence-corrected chi connectivity index (χ1v) is 6.50. The lowest BCUT2D eigenvalue weighted by molar-refractivity contribution is 0.0980. The second-order valence-corrected chi connectivity index (χ2v) is 5.01. The number of nitrogens with one attached hydrogen (secondary N) is 1. The highest BCUT2D eigenvalue weighted by atomic mass is 19.3. The molecular weight excluding hydrogens is 264 g/mol. The highest BCUT2D eigenvalue weighted by Gasteiger charge is 2.56. The third-order valence-electron chi connectivity index (χ3n) is 3.45. The van der Waals surface area contributed by atoms with Gasteiger partial charge in [-0.3, -0.25) is 0 Å². The molecule has 0 spiro atoms. The summed E-state index contributed by atoms with van der Waals surface area (Å²) in [7, 11) is 0. The van der Waals surface area contributed by atoms with Crippen molar-refractivity contribution >= 4 is 0 Å². The summed E-state index contributed by atoms with van der Waals surface area (Å²) in [5.74, 6) is -1.74. The Bertz CT molecular complexity index is 583. The first kappa shape index (κ1) is 13.1. The SMILES string of the molecule is CC(NCC1CC1(F)F)c1ncnn1-c1ccccn1. The second-order valence-electron chi connectivity index (χ2n) is 5.01. The van der Waals surface area contributed by atoms with Gasteiger partial charge in [-0.25, -0.2) is 18.7 Å². The van der Waals surface area contributed by atoms with Crippen LogP contribution in [0.5, 0.6) is 0 Å². The van der Waals surface area contributed by atoms with Gasteiger partial charge in [-0.05, 0) is 19.1 Å². The van der Waals surface area contributed by atoms with Crippen LogP contribution in [0.4, 0.5) is 8.78 Å². The fraction of sp³-hybridized carbons (Fsp3) is 0.462. The van der Waals surface area contributed by atoms with Crippen molar-refractivity contribution in [1.82, 2.24) is 25.1 Å². The molecule has 1 N–H and O–H groups in total. The Morgan fingerprint density at radius 3 is 2.90 bits per heavy atom. The number of pyridine rings is 1. The molecule has 0 saturated heterocycles. The van der Waals surface area contributed by atoms with Crippen LogP contribution in [-0.2, 0) is 0 Å². The van der Waals surface area contributed by atoms with Crippen LogP contribution < -0.4 is 5.32 Å². The molecule has 2 aromatic rings. The van der Waals surface area contributed by atoms with E-state index in [0.29, 0.717) is 11.6 Å². The molecule has 3 rings (SSSR count). The lowest BCUT2D eigenvalue weighted by Gasteiger charge is -2.13. The van der Waals surface area contributed by atoms with Crippen molar-refractivity contribution in [1.29, 1.82) is 0 Å². The molecule has 0 amide bonds. The topological polar surface area (TPSA) is 55.6 Å². The van der Waals surface area contributed by atoms with Gasteiger partial charge in [0.2, 0.25) is 0 Å². The highest BCUT2D eigenvalue weighted by Crippen LogP contribution is 2.48. The molecule has 106 valence electrons. The molecule has 20 heavy (non-hydrogen) atoms. The van der Waals surface area contributed by atoms with E-state index < -0.39 is 11.8 Å². The fourth-order valence-electron chi connectivity index (χ4n) is 2.10. The van der Waals surface area contributed by atoms with Crippen molar-refractivity contribution in [3.05, 3.63) is 36.5 Å². The molecular formula is C13H15F2N5. The summed E-state index contributed by atoms with van der Waals surface area (Å²) < 4.78 is 27.3. The first-order chi connectivity index (χ1) is 9.58. The number of hydrogen-bond donors (Lipinski definition) is 1. The van der Waals surface area contributed by atoms with Crippen molar-refractivity contribution in [3.63, 3.8) is 0 Å². The Labute approximate surface area is 115 Å². The van der Waals surface area contributed by atoms with E-state index in [9.17, 15) is 8.78 Å². The van der Waals surface area contributed by atoms with Gasteiger partial charge in [-0.15, -0.1) is 0 Å². The van der Waals surface area contributed by atoms with Gasteiger partial charge in [0.05, 0.1) is 6.04 Å². The monoisotopic (exact) mass is 279 g/mol. The highest BCUT2D eigenvalue weighted by molar-refractivity contribution is 5.22. The quantitative estimate of drug-likeness (QED) is 0.909. The van der Waals surface area contributed by atoms with E-state index in [4.69, 9.17) is 0 Å². The lowest BCUT2D eigenvalue weighted by atomic mass is 10.3. The molecule has 0 aliphatic heterocycles. The van der Waals surface area contributed by atoms with Crippen molar-refractivity contribution in [2.75, 3.05) is 6.54 Å². The Balaban J connectivity index is 1.70. The normalized spacial score (nSPS) is 21.6. The molecule has 1 aliphatic rings. The van der Waals surface area contributed by atoms with E-state index >= 15 is 0 Å². The smallest absolute Gasteiger partial charge is 0.252 e. The van der Waals surface area contributed by atoms with Crippen molar-refractivity contribution in [2.24, 2.45) is 5.92 Å². The largest absolute Gasteiger partial charge is 0.307 e. The average molecular weight is 279 g/mol. The van der Waals surface area contributed by atoms with Crippen LogP contribution in [-0.4, -0.2) is 32.2 Å². The van der Waals surface area contributed by atoms with Crippen molar-refractivity contribution in [2.45, 2.75) is 25.3 Å². The van der Waals surface area contributed by atoms with Crippen LogP contribution >= 0.6 is 0 Å². The molecule has 5 nitrogen and oxygen atoms in total. The molecule has 2 heterocycles. The van der Waals surface area contributed by atoms with Gasteiger partial charge < -0.3 is 5.32 Å². The maximum absolute atomic E-state index is 12.9. The van der Waals surface area contributed by atoms with Gasteiger partial charge >= 0.3 is 0 Å². The van der Waals surface area contributed by atoms with Gasteiger partial charge in [0, 0.05) is 25.1 Å². The molecule has 7 heteroatoms. The van der Waals surface area contributed by atoms with Gasteiger partial charge in [-0.1, -0.05) is 6.07 Å². The standard InChI is InChI=1S/C13H15F2N5/c1-9(17-7-10-6-13(10,14)15)12-18-8-19-20(12)11-4-2-3-5-16-11/h2-5,8-10,17H,6-7H2,1H3. The summed E-state index contributed by atoms with van der Waals surface area (Å²) in [4.78, 5) is 8.40. The maximum atomic E-state index is 12.9. The minimum absolute atomic E-state index is 0.0281. The fourth-order valence-corrected chi connectivity index (χ4v) is 2.10.